The fourth-order valence-corrected chi connectivity index (χ4v) is 1.72. The van der Waals surface area contributed by atoms with Gasteiger partial charge in [0.05, 0.1) is 4.47 Å². The minimum Gasteiger partial charge on any atom is -0.369 e. The molecule has 0 atom stereocenters. The average Bonchev–Trinajstić information content (AvgIpc) is 2.75. The lowest BCUT2D eigenvalue weighted by atomic mass is 10.4. The number of rotatable bonds is 4. The first-order chi connectivity index (χ1) is 8.20. The van der Waals surface area contributed by atoms with Crippen LogP contribution in [0.4, 0.5) is 5.82 Å². The molecule has 0 aliphatic carbocycles. The van der Waals surface area contributed by atoms with E-state index in [2.05, 4.69) is 43.2 Å². The minimum absolute atomic E-state index is 0.632. The highest BCUT2D eigenvalue weighted by Gasteiger charge is 2.08. The first-order valence-electron chi connectivity index (χ1n) is 5.47. The summed E-state index contributed by atoms with van der Waals surface area (Å²) in [5.74, 6) is 1.44. The second-order valence-electron chi connectivity index (χ2n) is 3.69. The Morgan fingerprint density at radius 1 is 1.47 bits per heavy atom. The van der Waals surface area contributed by atoms with Crippen molar-refractivity contribution in [1.82, 2.24) is 19.7 Å². The molecule has 0 aliphatic heterocycles. The summed E-state index contributed by atoms with van der Waals surface area (Å²) in [5, 5.41) is 7.53. The van der Waals surface area contributed by atoms with E-state index in [0.717, 1.165) is 29.0 Å². The fraction of sp³-hybridized carbons (Fsp3) is 0.364. The van der Waals surface area contributed by atoms with Gasteiger partial charge in [-0.25, -0.2) is 9.97 Å². The first kappa shape index (κ1) is 12.0. The van der Waals surface area contributed by atoms with Gasteiger partial charge in [-0.2, -0.15) is 5.10 Å². The Balaban J connectivity index is 2.30. The lowest BCUT2D eigenvalue weighted by Gasteiger charge is -2.06. The van der Waals surface area contributed by atoms with Crippen LogP contribution in [0.25, 0.3) is 11.5 Å². The number of halogens is 1. The van der Waals surface area contributed by atoms with Crippen LogP contribution in [0.15, 0.2) is 22.9 Å². The molecule has 0 aliphatic rings. The molecule has 0 saturated carbocycles. The van der Waals surface area contributed by atoms with Crippen LogP contribution in [0.1, 0.15) is 13.3 Å². The molecule has 0 amide bonds. The summed E-state index contributed by atoms with van der Waals surface area (Å²) in [7, 11) is 1.87. The summed E-state index contributed by atoms with van der Waals surface area (Å²) >= 11 is 3.43. The lowest BCUT2D eigenvalue weighted by molar-refractivity contribution is 0.768. The third-order valence-corrected chi connectivity index (χ3v) is 2.81. The van der Waals surface area contributed by atoms with Crippen LogP contribution in [0, 0.1) is 0 Å². The highest BCUT2D eigenvalue weighted by molar-refractivity contribution is 9.10. The largest absolute Gasteiger partial charge is 0.369 e. The van der Waals surface area contributed by atoms with E-state index in [1.165, 1.54) is 0 Å². The van der Waals surface area contributed by atoms with Crippen molar-refractivity contribution < 1.29 is 0 Å². The molecule has 2 heterocycles. The zero-order chi connectivity index (χ0) is 12.3. The topological polar surface area (TPSA) is 55.6 Å². The third kappa shape index (κ3) is 2.82. The molecule has 2 rings (SSSR count). The zero-order valence-electron chi connectivity index (χ0n) is 9.81. The van der Waals surface area contributed by atoms with E-state index in [4.69, 9.17) is 0 Å². The quantitative estimate of drug-likeness (QED) is 0.941. The van der Waals surface area contributed by atoms with Crippen molar-refractivity contribution in [3.8, 4) is 11.5 Å². The van der Waals surface area contributed by atoms with E-state index in [1.807, 2.05) is 19.3 Å². The van der Waals surface area contributed by atoms with Crippen molar-refractivity contribution >= 4 is 21.7 Å². The predicted molar refractivity (Wildman–Crippen MR) is 70.7 cm³/mol. The lowest BCUT2D eigenvalue weighted by Crippen LogP contribution is -2.04. The fourth-order valence-electron chi connectivity index (χ4n) is 1.39. The van der Waals surface area contributed by atoms with Gasteiger partial charge in [-0.1, -0.05) is 6.92 Å². The van der Waals surface area contributed by atoms with Crippen molar-refractivity contribution in [2.45, 2.75) is 13.3 Å². The molecule has 0 radical (unpaired) electrons. The van der Waals surface area contributed by atoms with Gasteiger partial charge >= 0.3 is 0 Å². The van der Waals surface area contributed by atoms with Gasteiger partial charge in [-0.3, -0.25) is 4.68 Å². The zero-order valence-corrected chi connectivity index (χ0v) is 11.4. The van der Waals surface area contributed by atoms with Gasteiger partial charge in [0, 0.05) is 26.0 Å². The first-order valence-corrected chi connectivity index (χ1v) is 6.26. The maximum atomic E-state index is 4.45. The van der Waals surface area contributed by atoms with Gasteiger partial charge in [0.2, 0.25) is 0 Å². The van der Waals surface area contributed by atoms with Crippen LogP contribution in [0.3, 0.4) is 0 Å². The summed E-state index contributed by atoms with van der Waals surface area (Å²) in [4.78, 5) is 8.71. The summed E-state index contributed by atoms with van der Waals surface area (Å²) in [6, 6.07) is 1.90. The maximum absolute atomic E-state index is 4.45. The Hall–Kier alpha value is -1.43. The molecule has 2 aromatic rings. The molecule has 90 valence electrons. The van der Waals surface area contributed by atoms with Gasteiger partial charge in [0.15, 0.2) is 5.82 Å². The molecule has 5 nitrogen and oxygen atoms in total. The van der Waals surface area contributed by atoms with Crippen molar-refractivity contribution in [3.05, 3.63) is 22.9 Å². The molecule has 1 N–H and O–H groups in total. The summed E-state index contributed by atoms with van der Waals surface area (Å²) in [6.45, 7) is 3.00. The van der Waals surface area contributed by atoms with Gasteiger partial charge in [0.25, 0.3) is 0 Å². The smallest absolute Gasteiger partial charge is 0.182 e. The van der Waals surface area contributed by atoms with Crippen LogP contribution < -0.4 is 5.32 Å². The standard InChI is InChI=1S/C11H14BrN5/c1-3-5-13-10-8(12)7-14-11(15-10)9-4-6-17(2)16-9/h4,6-7H,3,5H2,1-2H3,(H,13,14,15). The molecule has 6 heteroatoms. The van der Waals surface area contributed by atoms with Crippen LogP contribution >= 0.6 is 15.9 Å². The molecule has 0 spiro atoms. The van der Waals surface area contributed by atoms with E-state index < -0.39 is 0 Å². The second-order valence-corrected chi connectivity index (χ2v) is 4.55. The van der Waals surface area contributed by atoms with Crippen LogP contribution in [-0.4, -0.2) is 26.3 Å². The Morgan fingerprint density at radius 3 is 2.94 bits per heavy atom. The normalized spacial score (nSPS) is 10.5. The Bertz CT molecular complexity index is 508. The van der Waals surface area contributed by atoms with E-state index in [0.29, 0.717) is 5.82 Å². The SMILES string of the molecule is CCCNc1nc(-c2ccn(C)n2)ncc1Br. The van der Waals surface area contributed by atoms with Gasteiger partial charge in [0.1, 0.15) is 11.5 Å². The third-order valence-electron chi connectivity index (χ3n) is 2.23. The van der Waals surface area contributed by atoms with Crippen LogP contribution in [0.2, 0.25) is 0 Å². The average molecular weight is 296 g/mol. The van der Waals surface area contributed by atoms with E-state index in [1.54, 1.807) is 10.9 Å². The van der Waals surface area contributed by atoms with Crippen molar-refractivity contribution in [2.24, 2.45) is 7.05 Å². The molecule has 17 heavy (non-hydrogen) atoms. The van der Waals surface area contributed by atoms with Gasteiger partial charge in [-0.05, 0) is 28.4 Å². The number of aryl methyl sites for hydroxylation is 1. The van der Waals surface area contributed by atoms with Crippen LogP contribution in [0.5, 0.6) is 0 Å². The molecule has 2 aromatic heterocycles. The highest BCUT2D eigenvalue weighted by atomic mass is 79.9. The Kier molecular flexibility index (Phi) is 3.73. The van der Waals surface area contributed by atoms with Crippen molar-refractivity contribution in [2.75, 3.05) is 11.9 Å². The number of hydrogen-bond acceptors (Lipinski definition) is 4. The summed E-state index contributed by atoms with van der Waals surface area (Å²) in [5.41, 5.74) is 0.777. The van der Waals surface area contributed by atoms with Crippen LogP contribution in [-0.2, 0) is 7.05 Å². The Labute approximate surface area is 108 Å². The molecule has 0 unspecified atom stereocenters. The van der Waals surface area contributed by atoms with Gasteiger partial charge in [-0.15, -0.1) is 0 Å². The molecular formula is C11H14BrN5. The number of aromatic nitrogens is 4. The van der Waals surface area contributed by atoms with Gasteiger partial charge < -0.3 is 5.32 Å². The molecule has 0 saturated heterocycles. The number of nitrogens with one attached hydrogen (secondary N) is 1. The monoisotopic (exact) mass is 295 g/mol. The Morgan fingerprint density at radius 2 is 2.29 bits per heavy atom. The van der Waals surface area contributed by atoms with Crippen molar-refractivity contribution in [3.63, 3.8) is 0 Å². The maximum Gasteiger partial charge on any atom is 0.182 e. The van der Waals surface area contributed by atoms with E-state index in [9.17, 15) is 0 Å². The molecule has 0 fully saturated rings. The van der Waals surface area contributed by atoms with Crippen molar-refractivity contribution in [1.29, 1.82) is 0 Å². The number of nitrogens with zero attached hydrogens (tertiary/aromatic N) is 4. The minimum atomic E-state index is 0.632. The second kappa shape index (κ2) is 5.27. The highest BCUT2D eigenvalue weighted by Crippen LogP contribution is 2.22. The van der Waals surface area contributed by atoms with E-state index >= 15 is 0 Å². The molecule has 0 aromatic carbocycles. The summed E-state index contributed by atoms with van der Waals surface area (Å²) < 4.78 is 2.60. The number of anilines is 1. The molecular weight excluding hydrogens is 282 g/mol. The molecule has 0 bridgehead atoms. The summed E-state index contributed by atoms with van der Waals surface area (Å²) in [6.07, 6.45) is 4.67. The van der Waals surface area contributed by atoms with E-state index in [-0.39, 0.29) is 0 Å². The number of hydrogen-bond donors (Lipinski definition) is 1. The predicted octanol–water partition coefficient (Wildman–Crippen LogP) is 2.46.